The van der Waals surface area contributed by atoms with E-state index in [4.69, 9.17) is 11.6 Å². The molecule has 1 N–H and O–H groups in total. The highest BCUT2D eigenvalue weighted by atomic mass is 35.5. The van der Waals surface area contributed by atoms with E-state index < -0.39 is 15.5 Å². The summed E-state index contributed by atoms with van der Waals surface area (Å²) in [6.07, 6.45) is 1.62. The first-order valence-corrected chi connectivity index (χ1v) is 5.72. The molecule has 8 heteroatoms. The SMILES string of the molecule is CCCCNc1c([N+](=O)[O-])ccc(Cl)c1[N+](=O)[O-]. The van der Waals surface area contributed by atoms with Crippen LogP contribution in [0.15, 0.2) is 12.1 Å². The van der Waals surface area contributed by atoms with Crippen LogP contribution in [-0.4, -0.2) is 16.4 Å². The maximum absolute atomic E-state index is 10.9. The fourth-order valence-electron chi connectivity index (χ4n) is 1.45. The Hall–Kier alpha value is -1.89. The zero-order valence-corrected chi connectivity index (χ0v) is 10.4. The molecule has 0 aliphatic heterocycles. The Bertz CT molecular complexity index is 478. The van der Waals surface area contributed by atoms with Gasteiger partial charge < -0.3 is 5.32 Å². The first-order chi connectivity index (χ1) is 8.49. The van der Waals surface area contributed by atoms with Crippen LogP contribution in [0.5, 0.6) is 0 Å². The maximum atomic E-state index is 10.9. The van der Waals surface area contributed by atoms with Crippen LogP contribution in [0.25, 0.3) is 0 Å². The summed E-state index contributed by atoms with van der Waals surface area (Å²) < 4.78 is 0. The number of hydrogen-bond acceptors (Lipinski definition) is 5. The molecule has 0 saturated carbocycles. The number of hydrogen-bond donors (Lipinski definition) is 1. The predicted octanol–water partition coefficient (Wildman–Crippen LogP) is 3.37. The standard InChI is InChI=1S/C10H12ClN3O4/c1-2-3-6-12-9-8(13(15)16)5-4-7(11)10(9)14(17)18/h4-5,12H,2-3,6H2,1H3. The van der Waals surface area contributed by atoms with Gasteiger partial charge >= 0.3 is 5.69 Å². The van der Waals surface area contributed by atoms with Crippen LogP contribution in [0.3, 0.4) is 0 Å². The second-order valence-corrected chi connectivity index (χ2v) is 3.99. The molecule has 0 fully saturated rings. The average molecular weight is 274 g/mol. The summed E-state index contributed by atoms with van der Waals surface area (Å²) in [6.45, 7) is 2.36. The highest BCUT2D eigenvalue weighted by Gasteiger charge is 2.27. The van der Waals surface area contributed by atoms with Crippen LogP contribution in [0, 0.1) is 20.2 Å². The molecule has 0 unspecified atom stereocenters. The molecule has 1 aromatic carbocycles. The summed E-state index contributed by atoms with van der Waals surface area (Å²) in [7, 11) is 0. The maximum Gasteiger partial charge on any atom is 0.317 e. The van der Waals surface area contributed by atoms with Crippen LogP contribution in [0.2, 0.25) is 5.02 Å². The molecular weight excluding hydrogens is 262 g/mol. The molecule has 7 nitrogen and oxygen atoms in total. The number of halogens is 1. The summed E-state index contributed by atoms with van der Waals surface area (Å²) in [5, 5.41) is 24.3. The summed E-state index contributed by atoms with van der Waals surface area (Å²) in [5.41, 5.74) is -0.935. The molecule has 0 saturated heterocycles. The van der Waals surface area contributed by atoms with Crippen molar-refractivity contribution in [2.24, 2.45) is 0 Å². The largest absolute Gasteiger partial charge is 0.374 e. The Labute approximate surface area is 108 Å². The van der Waals surface area contributed by atoms with Crippen LogP contribution in [0.1, 0.15) is 19.8 Å². The van der Waals surface area contributed by atoms with Gasteiger partial charge in [-0.15, -0.1) is 0 Å². The van der Waals surface area contributed by atoms with Gasteiger partial charge in [0.1, 0.15) is 5.02 Å². The molecule has 0 amide bonds. The lowest BCUT2D eigenvalue weighted by atomic mass is 10.2. The molecule has 0 radical (unpaired) electrons. The number of rotatable bonds is 6. The molecule has 0 heterocycles. The molecular formula is C10H12ClN3O4. The third kappa shape index (κ3) is 3.07. The van der Waals surface area contributed by atoms with Crippen molar-refractivity contribution < 1.29 is 9.85 Å². The molecule has 0 spiro atoms. The van der Waals surface area contributed by atoms with Crippen LogP contribution in [-0.2, 0) is 0 Å². The van der Waals surface area contributed by atoms with E-state index in [0.29, 0.717) is 6.54 Å². The summed E-state index contributed by atoms with van der Waals surface area (Å²) in [6, 6.07) is 2.31. The zero-order valence-electron chi connectivity index (χ0n) is 9.68. The van der Waals surface area contributed by atoms with E-state index in [1.807, 2.05) is 6.92 Å². The van der Waals surface area contributed by atoms with Gasteiger partial charge in [-0.25, -0.2) is 0 Å². The minimum atomic E-state index is -0.719. The van der Waals surface area contributed by atoms with Crippen molar-refractivity contribution >= 4 is 28.7 Å². The average Bonchev–Trinajstić information content (AvgIpc) is 2.28. The fourth-order valence-corrected chi connectivity index (χ4v) is 1.68. The Kier molecular flexibility index (Phi) is 4.85. The second kappa shape index (κ2) is 6.15. The van der Waals surface area contributed by atoms with Gasteiger partial charge in [-0.1, -0.05) is 24.9 Å². The number of nitro groups is 2. The van der Waals surface area contributed by atoms with Crippen LogP contribution in [0.4, 0.5) is 17.1 Å². The number of nitro benzene ring substituents is 2. The quantitative estimate of drug-likeness (QED) is 0.487. The number of benzene rings is 1. The number of nitrogens with zero attached hydrogens (tertiary/aromatic N) is 2. The molecule has 18 heavy (non-hydrogen) atoms. The smallest absolute Gasteiger partial charge is 0.317 e. The number of anilines is 1. The predicted molar refractivity (Wildman–Crippen MR) is 68.2 cm³/mol. The first kappa shape index (κ1) is 14.2. The van der Waals surface area contributed by atoms with E-state index in [2.05, 4.69) is 5.32 Å². The molecule has 0 aliphatic rings. The Morgan fingerprint density at radius 2 is 1.94 bits per heavy atom. The third-order valence-corrected chi connectivity index (χ3v) is 2.62. The third-order valence-electron chi connectivity index (χ3n) is 2.32. The van der Waals surface area contributed by atoms with Crippen molar-refractivity contribution in [1.29, 1.82) is 0 Å². The fraction of sp³-hybridized carbons (Fsp3) is 0.400. The summed E-state index contributed by atoms with van der Waals surface area (Å²) in [4.78, 5) is 20.4. The summed E-state index contributed by atoms with van der Waals surface area (Å²) >= 11 is 5.71. The van der Waals surface area contributed by atoms with Crippen molar-refractivity contribution in [3.63, 3.8) is 0 Å². The van der Waals surface area contributed by atoms with Crippen molar-refractivity contribution in [2.45, 2.75) is 19.8 Å². The molecule has 0 aromatic heterocycles. The van der Waals surface area contributed by atoms with E-state index >= 15 is 0 Å². The van der Waals surface area contributed by atoms with Gasteiger partial charge in [-0.05, 0) is 12.5 Å². The lowest BCUT2D eigenvalue weighted by molar-refractivity contribution is -0.392. The highest BCUT2D eigenvalue weighted by Crippen LogP contribution is 2.39. The monoisotopic (exact) mass is 273 g/mol. The van der Waals surface area contributed by atoms with Gasteiger partial charge in [-0.2, -0.15) is 0 Å². The molecule has 1 aromatic rings. The lowest BCUT2D eigenvalue weighted by Crippen LogP contribution is -2.07. The number of unbranched alkanes of at least 4 members (excludes halogenated alkanes) is 1. The van der Waals surface area contributed by atoms with E-state index in [0.717, 1.165) is 25.0 Å². The molecule has 1 rings (SSSR count). The lowest BCUT2D eigenvalue weighted by Gasteiger charge is -2.07. The summed E-state index contributed by atoms with van der Waals surface area (Å²) in [5.74, 6) is 0. The van der Waals surface area contributed by atoms with Crippen molar-refractivity contribution in [3.05, 3.63) is 37.4 Å². The van der Waals surface area contributed by atoms with E-state index in [-0.39, 0.29) is 16.4 Å². The molecule has 98 valence electrons. The van der Waals surface area contributed by atoms with Crippen LogP contribution < -0.4 is 5.32 Å². The van der Waals surface area contributed by atoms with Gasteiger partial charge in [0.15, 0.2) is 5.69 Å². The number of nitrogens with one attached hydrogen (secondary N) is 1. The Morgan fingerprint density at radius 3 is 2.44 bits per heavy atom. The van der Waals surface area contributed by atoms with Crippen molar-refractivity contribution in [3.8, 4) is 0 Å². The zero-order chi connectivity index (χ0) is 13.7. The van der Waals surface area contributed by atoms with Crippen molar-refractivity contribution in [2.75, 3.05) is 11.9 Å². The van der Waals surface area contributed by atoms with E-state index in [9.17, 15) is 20.2 Å². The van der Waals surface area contributed by atoms with E-state index in [1.165, 1.54) is 0 Å². The van der Waals surface area contributed by atoms with Crippen LogP contribution >= 0.6 is 11.6 Å². The van der Waals surface area contributed by atoms with E-state index in [1.54, 1.807) is 0 Å². The topological polar surface area (TPSA) is 98.3 Å². The molecule has 0 bridgehead atoms. The normalized spacial score (nSPS) is 10.1. The minimum Gasteiger partial charge on any atom is -0.374 e. The van der Waals surface area contributed by atoms with Gasteiger partial charge in [0, 0.05) is 12.6 Å². The van der Waals surface area contributed by atoms with Gasteiger partial charge in [-0.3, -0.25) is 20.2 Å². The minimum absolute atomic E-state index is 0.121. The van der Waals surface area contributed by atoms with Crippen molar-refractivity contribution in [1.82, 2.24) is 0 Å². The van der Waals surface area contributed by atoms with Gasteiger partial charge in [0.25, 0.3) is 5.69 Å². The Balaban J connectivity index is 3.25. The second-order valence-electron chi connectivity index (χ2n) is 3.58. The molecule has 0 atom stereocenters. The Morgan fingerprint density at radius 1 is 1.28 bits per heavy atom. The highest BCUT2D eigenvalue weighted by molar-refractivity contribution is 6.33. The van der Waals surface area contributed by atoms with Gasteiger partial charge in [0.2, 0.25) is 0 Å². The first-order valence-electron chi connectivity index (χ1n) is 5.34. The molecule has 0 aliphatic carbocycles. The van der Waals surface area contributed by atoms with Gasteiger partial charge in [0.05, 0.1) is 9.85 Å².